The average Bonchev–Trinajstić information content (AvgIpc) is 3.40. The minimum atomic E-state index is -0.773. The predicted molar refractivity (Wildman–Crippen MR) is 321 cm³/mol. The van der Waals surface area contributed by atoms with Crippen LogP contribution in [0.15, 0.2) is 72.9 Å². The van der Waals surface area contributed by atoms with Gasteiger partial charge in [0.1, 0.15) is 13.2 Å². The lowest BCUT2D eigenvalue weighted by Crippen LogP contribution is -2.30. The van der Waals surface area contributed by atoms with Gasteiger partial charge in [0.15, 0.2) is 6.10 Å². The number of allylic oxidation sites excluding steroid dienone is 12. The van der Waals surface area contributed by atoms with E-state index in [4.69, 9.17) is 14.2 Å². The van der Waals surface area contributed by atoms with Crippen molar-refractivity contribution >= 4 is 17.9 Å². The van der Waals surface area contributed by atoms with Crippen LogP contribution in [0.1, 0.15) is 323 Å². The Labute approximate surface area is 459 Å². The van der Waals surface area contributed by atoms with Crippen LogP contribution in [0.3, 0.4) is 0 Å². The maximum Gasteiger partial charge on any atom is 0.306 e. The maximum absolute atomic E-state index is 12.8. The van der Waals surface area contributed by atoms with E-state index in [9.17, 15) is 14.4 Å². The summed E-state index contributed by atoms with van der Waals surface area (Å²) in [6.45, 7) is 6.50. The molecule has 1 unspecified atom stereocenters. The van der Waals surface area contributed by atoms with Crippen molar-refractivity contribution in [3.05, 3.63) is 72.9 Å². The topological polar surface area (TPSA) is 78.9 Å². The van der Waals surface area contributed by atoms with E-state index in [0.29, 0.717) is 19.3 Å². The number of ether oxygens (including phenoxy) is 3. The van der Waals surface area contributed by atoms with Gasteiger partial charge in [-0.1, -0.05) is 286 Å². The van der Waals surface area contributed by atoms with Gasteiger partial charge in [-0.15, -0.1) is 0 Å². The lowest BCUT2D eigenvalue weighted by Gasteiger charge is -2.18. The number of esters is 3. The van der Waals surface area contributed by atoms with Gasteiger partial charge in [-0.3, -0.25) is 14.4 Å². The average molecular weight is 1030 g/mol. The van der Waals surface area contributed by atoms with Crippen LogP contribution in [0.5, 0.6) is 0 Å². The second-order valence-corrected chi connectivity index (χ2v) is 21.3. The standard InChI is InChI=1S/C68H120O6/c1-4-7-10-13-16-19-21-23-24-25-26-27-28-29-30-31-32-33-34-35-36-37-38-39-40-41-42-43-44-45-47-49-52-55-58-61-67(70)73-64-65(63-72-66(69)60-57-54-51-48-18-15-12-9-6-3)74-68(71)62-59-56-53-50-46-22-20-17-14-11-8-5-2/h7,10,16-17,19-20,23-24,26-27,29-30,65H,4-6,8-9,11-15,18,21-22,25,28,31-64H2,1-3H3/b10-7-,19-16-,20-17-,24-23-,27-26-,30-29-. The highest BCUT2D eigenvalue weighted by atomic mass is 16.6. The Morgan fingerprint density at radius 3 is 0.865 bits per heavy atom. The van der Waals surface area contributed by atoms with Crippen LogP contribution in [0.2, 0.25) is 0 Å². The van der Waals surface area contributed by atoms with E-state index in [1.54, 1.807) is 0 Å². The monoisotopic (exact) mass is 1030 g/mol. The molecule has 1 atom stereocenters. The van der Waals surface area contributed by atoms with Crippen molar-refractivity contribution in [2.45, 2.75) is 329 Å². The van der Waals surface area contributed by atoms with E-state index in [1.165, 1.54) is 180 Å². The molecule has 0 spiro atoms. The van der Waals surface area contributed by atoms with Gasteiger partial charge in [0.25, 0.3) is 0 Å². The van der Waals surface area contributed by atoms with Crippen LogP contribution in [-0.4, -0.2) is 37.2 Å². The highest BCUT2D eigenvalue weighted by Crippen LogP contribution is 2.17. The molecule has 0 N–H and O–H groups in total. The molecule has 0 rings (SSSR count). The van der Waals surface area contributed by atoms with Gasteiger partial charge in [0, 0.05) is 19.3 Å². The van der Waals surface area contributed by atoms with E-state index in [1.807, 2.05) is 0 Å². The smallest absolute Gasteiger partial charge is 0.306 e. The second-order valence-electron chi connectivity index (χ2n) is 21.3. The number of rotatable bonds is 58. The van der Waals surface area contributed by atoms with Crippen molar-refractivity contribution in [1.29, 1.82) is 0 Å². The van der Waals surface area contributed by atoms with Crippen LogP contribution >= 0.6 is 0 Å². The Morgan fingerprint density at radius 2 is 0.527 bits per heavy atom. The van der Waals surface area contributed by atoms with E-state index >= 15 is 0 Å². The van der Waals surface area contributed by atoms with E-state index in [-0.39, 0.29) is 31.1 Å². The van der Waals surface area contributed by atoms with E-state index in [0.717, 1.165) is 103 Å². The largest absolute Gasteiger partial charge is 0.462 e. The predicted octanol–water partition coefficient (Wildman–Crippen LogP) is 21.7. The van der Waals surface area contributed by atoms with Crippen molar-refractivity contribution in [2.24, 2.45) is 0 Å². The number of hydrogen-bond donors (Lipinski definition) is 0. The molecule has 0 fully saturated rings. The van der Waals surface area contributed by atoms with Crippen molar-refractivity contribution in [3.63, 3.8) is 0 Å². The van der Waals surface area contributed by atoms with Crippen LogP contribution in [0, 0.1) is 0 Å². The fourth-order valence-corrected chi connectivity index (χ4v) is 9.17. The molecule has 0 saturated carbocycles. The Hall–Kier alpha value is -3.15. The van der Waals surface area contributed by atoms with Crippen LogP contribution in [0.25, 0.3) is 0 Å². The summed E-state index contributed by atoms with van der Waals surface area (Å²) in [6, 6.07) is 0. The zero-order valence-corrected chi connectivity index (χ0v) is 49.1. The fraction of sp³-hybridized carbons (Fsp3) is 0.779. The Morgan fingerprint density at radius 1 is 0.284 bits per heavy atom. The summed E-state index contributed by atoms with van der Waals surface area (Å²) >= 11 is 0. The molecule has 0 amide bonds. The Balaban J connectivity index is 3.97. The van der Waals surface area contributed by atoms with E-state index < -0.39 is 6.10 Å². The Bertz CT molecular complexity index is 1370. The first-order valence-corrected chi connectivity index (χ1v) is 31.9. The molecule has 6 nitrogen and oxygen atoms in total. The zero-order chi connectivity index (χ0) is 53.6. The number of hydrogen-bond acceptors (Lipinski definition) is 6. The number of carbonyl (C=O) groups excluding carboxylic acids is 3. The van der Waals surface area contributed by atoms with Crippen molar-refractivity contribution in [3.8, 4) is 0 Å². The lowest BCUT2D eigenvalue weighted by atomic mass is 10.0. The molecule has 0 aromatic rings. The quantitative estimate of drug-likeness (QED) is 0.0261. The van der Waals surface area contributed by atoms with E-state index in [2.05, 4.69) is 93.7 Å². The van der Waals surface area contributed by atoms with Crippen LogP contribution in [0.4, 0.5) is 0 Å². The van der Waals surface area contributed by atoms with Crippen LogP contribution < -0.4 is 0 Å². The minimum absolute atomic E-state index is 0.0732. The van der Waals surface area contributed by atoms with Crippen LogP contribution in [-0.2, 0) is 28.6 Å². The molecule has 74 heavy (non-hydrogen) atoms. The fourth-order valence-electron chi connectivity index (χ4n) is 9.17. The highest BCUT2D eigenvalue weighted by molar-refractivity contribution is 5.71. The third-order valence-corrected chi connectivity index (χ3v) is 13.9. The minimum Gasteiger partial charge on any atom is -0.462 e. The Kier molecular flexibility index (Phi) is 59.7. The summed E-state index contributed by atoms with van der Waals surface area (Å²) in [7, 11) is 0. The summed E-state index contributed by atoms with van der Waals surface area (Å²) in [4.78, 5) is 38.0. The molecule has 0 aromatic heterocycles. The second kappa shape index (κ2) is 62.4. The molecule has 0 bridgehead atoms. The highest BCUT2D eigenvalue weighted by Gasteiger charge is 2.19. The first-order valence-electron chi connectivity index (χ1n) is 31.9. The molecular weight excluding hydrogens is 913 g/mol. The normalized spacial score (nSPS) is 12.5. The molecule has 0 aromatic carbocycles. The van der Waals surface area contributed by atoms with Crippen molar-refractivity contribution in [2.75, 3.05) is 13.2 Å². The number of unbranched alkanes of at least 4 members (excludes halogenated alkanes) is 35. The maximum atomic E-state index is 12.8. The molecule has 0 saturated heterocycles. The molecule has 0 aliphatic carbocycles. The van der Waals surface area contributed by atoms with Gasteiger partial charge in [0.2, 0.25) is 0 Å². The van der Waals surface area contributed by atoms with Gasteiger partial charge in [-0.25, -0.2) is 0 Å². The van der Waals surface area contributed by atoms with Gasteiger partial charge < -0.3 is 14.2 Å². The summed E-state index contributed by atoms with van der Waals surface area (Å²) in [5.74, 6) is -0.872. The molecule has 6 heteroatoms. The number of carbonyl (C=O) groups is 3. The van der Waals surface area contributed by atoms with Crippen molar-refractivity contribution < 1.29 is 28.6 Å². The third-order valence-electron chi connectivity index (χ3n) is 13.9. The third kappa shape index (κ3) is 59.7. The SMILES string of the molecule is CC/C=C\C/C=C\C/C=C\C/C=C\C/C=C\CCCCCCCCCCCCCCCCCCCCCC(=O)OCC(COC(=O)CCCCCCCCCCC)OC(=O)CCCCCCC/C=C\CCCCC. The van der Waals surface area contributed by atoms with Gasteiger partial charge in [-0.2, -0.15) is 0 Å². The molecule has 0 aliphatic heterocycles. The van der Waals surface area contributed by atoms with Gasteiger partial charge in [-0.05, 0) is 89.9 Å². The summed E-state index contributed by atoms with van der Waals surface area (Å²) in [6.07, 6.45) is 80.9. The summed E-state index contributed by atoms with van der Waals surface area (Å²) < 4.78 is 16.8. The molecular formula is C68H120O6. The first kappa shape index (κ1) is 70.8. The first-order chi connectivity index (χ1) is 36.5. The molecule has 0 aliphatic rings. The summed E-state index contributed by atoms with van der Waals surface area (Å²) in [5, 5.41) is 0. The van der Waals surface area contributed by atoms with Gasteiger partial charge >= 0.3 is 17.9 Å². The summed E-state index contributed by atoms with van der Waals surface area (Å²) in [5.41, 5.74) is 0. The molecule has 0 heterocycles. The van der Waals surface area contributed by atoms with Crippen molar-refractivity contribution in [1.82, 2.24) is 0 Å². The lowest BCUT2D eigenvalue weighted by molar-refractivity contribution is -0.167. The molecule has 0 radical (unpaired) electrons. The van der Waals surface area contributed by atoms with Gasteiger partial charge in [0.05, 0.1) is 0 Å². The molecule has 428 valence electrons. The zero-order valence-electron chi connectivity index (χ0n) is 49.1.